The molecule has 3 aromatic rings. The summed E-state index contributed by atoms with van der Waals surface area (Å²) in [6.45, 7) is 0.777. The van der Waals surface area contributed by atoms with E-state index in [2.05, 4.69) is 10.3 Å². The molecule has 0 aliphatic carbocycles. The number of aromatic nitrogens is 1. The van der Waals surface area contributed by atoms with Gasteiger partial charge in [-0.05, 0) is 42.3 Å². The quantitative estimate of drug-likeness (QED) is 0.700. The molecule has 1 aromatic heterocycles. The topological polar surface area (TPSA) is 51.2 Å². The van der Waals surface area contributed by atoms with Crippen molar-refractivity contribution in [1.29, 1.82) is 0 Å². The maximum absolute atomic E-state index is 13.5. The first kappa shape index (κ1) is 17.1. The largest absolute Gasteiger partial charge is 0.487 e. The molecule has 2 aromatic carbocycles. The lowest BCUT2D eigenvalue weighted by Gasteiger charge is -2.08. The smallest absolute Gasteiger partial charge is 0.251 e. The molecule has 1 heterocycles. The van der Waals surface area contributed by atoms with E-state index in [1.165, 1.54) is 17.4 Å². The van der Waals surface area contributed by atoms with Crippen LogP contribution in [0.15, 0.2) is 59.4 Å². The zero-order valence-electron chi connectivity index (χ0n) is 13.4. The van der Waals surface area contributed by atoms with Crippen molar-refractivity contribution < 1.29 is 13.9 Å². The van der Waals surface area contributed by atoms with E-state index in [0.717, 1.165) is 5.69 Å². The fraction of sp³-hybridized carbons (Fsp3) is 0.158. The number of thiazole rings is 1. The first-order chi connectivity index (χ1) is 12.2. The van der Waals surface area contributed by atoms with Gasteiger partial charge in [-0.2, -0.15) is 0 Å². The molecule has 1 N–H and O–H groups in total. The van der Waals surface area contributed by atoms with Crippen LogP contribution in [0, 0.1) is 5.82 Å². The third-order valence-electron chi connectivity index (χ3n) is 3.62. The van der Waals surface area contributed by atoms with Crippen molar-refractivity contribution in [3.05, 3.63) is 82.1 Å². The maximum Gasteiger partial charge on any atom is 0.251 e. The van der Waals surface area contributed by atoms with Crippen molar-refractivity contribution in [1.82, 2.24) is 10.3 Å². The minimum atomic E-state index is -0.252. The summed E-state index contributed by atoms with van der Waals surface area (Å²) in [6.07, 6.45) is 0.452. The van der Waals surface area contributed by atoms with Crippen LogP contribution >= 0.6 is 11.3 Å². The Morgan fingerprint density at radius 3 is 2.68 bits per heavy atom. The predicted octanol–water partition coefficient (Wildman–Crippen LogP) is 3.83. The van der Waals surface area contributed by atoms with Gasteiger partial charge in [0, 0.05) is 17.5 Å². The second-order valence-electron chi connectivity index (χ2n) is 5.39. The molecular formula is C19H17FN2O2S. The van der Waals surface area contributed by atoms with Gasteiger partial charge in [-0.3, -0.25) is 4.79 Å². The molecular weight excluding hydrogens is 339 g/mol. The number of ether oxygens (including phenoxy) is 1. The van der Waals surface area contributed by atoms with Crippen LogP contribution in [0.2, 0.25) is 0 Å². The number of carbonyl (C=O) groups is 1. The lowest BCUT2D eigenvalue weighted by molar-refractivity contribution is 0.0954. The molecule has 6 heteroatoms. The lowest BCUT2D eigenvalue weighted by Crippen LogP contribution is -2.25. The highest BCUT2D eigenvalue weighted by Gasteiger charge is 2.07. The number of nitrogens with zero attached hydrogens (tertiary/aromatic N) is 1. The summed E-state index contributed by atoms with van der Waals surface area (Å²) in [5, 5.41) is 4.72. The van der Waals surface area contributed by atoms with E-state index in [1.54, 1.807) is 48.0 Å². The minimum absolute atomic E-state index is 0.192. The predicted molar refractivity (Wildman–Crippen MR) is 95.3 cm³/mol. The Bertz CT molecular complexity index is 820. The highest BCUT2D eigenvalue weighted by molar-refractivity contribution is 7.07. The molecule has 0 unspecified atom stereocenters. The Hall–Kier alpha value is -2.73. The molecule has 1 amide bonds. The molecule has 4 nitrogen and oxygen atoms in total. The van der Waals surface area contributed by atoms with Gasteiger partial charge in [-0.15, -0.1) is 11.3 Å². The standard InChI is InChI=1S/C19H17FN2O2S/c20-18-4-2-1-3-14(18)9-10-21-19(23)15-5-7-17(8-6-15)24-11-16-12-25-13-22-16/h1-8,12-13H,9-11H2,(H,21,23). The van der Waals surface area contributed by atoms with E-state index in [4.69, 9.17) is 4.74 Å². The van der Waals surface area contributed by atoms with Crippen molar-refractivity contribution in [3.8, 4) is 5.75 Å². The van der Waals surface area contributed by atoms with E-state index >= 15 is 0 Å². The first-order valence-electron chi connectivity index (χ1n) is 7.84. The van der Waals surface area contributed by atoms with Crippen LogP contribution < -0.4 is 10.1 Å². The summed E-state index contributed by atoms with van der Waals surface area (Å²) in [6, 6.07) is 13.5. The van der Waals surface area contributed by atoms with Gasteiger partial charge in [0.2, 0.25) is 0 Å². The summed E-state index contributed by atoms with van der Waals surface area (Å²) >= 11 is 1.52. The number of nitrogens with one attached hydrogen (secondary N) is 1. The van der Waals surface area contributed by atoms with Gasteiger partial charge in [-0.1, -0.05) is 18.2 Å². The van der Waals surface area contributed by atoms with Gasteiger partial charge in [0.15, 0.2) is 0 Å². The van der Waals surface area contributed by atoms with Crippen LogP contribution in [0.5, 0.6) is 5.75 Å². The highest BCUT2D eigenvalue weighted by atomic mass is 32.1. The van der Waals surface area contributed by atoms with E-state index in [1.807, 2.05) is 5.38 Å². The van der Waals surface area contributed by atoms with Gasteiger partial charge < -0.3 is 10.1 Å². The molecule has 0 spiro atoms. The van der Waals surface area contributed by atoms with Gasteiger partial charge in [0.05, 0.1) is 11.2 Å². The molecule has 0 atom stereocenters. The number of benzene rings is 2. The van der Waals surface area contributed by atoms with Crippen molar-refractivity contribution in [2.45, 2.75) is 13.0 Å². The SMILES string of the molecule is O=C(NCCc1ccccc1F)c1ccc(OCc2cscn2)cc1. The normalized spacial score (nSPS) is 10.4. The summed E-state index contributed by atoms with van der Waals surface area (Å²) in [5.74, 6) is 0.233. The molecule has 0 fully saturated rings. The number of amides is 1. The lowest BCUT2D eigenvalue weighted by atomic mass is 10.1. The third-order valence-corrected chi connectivity index (χ3v) is 4.26. The first-order valence-corrected chi connectivity index (χ1v) is 8.78. The van der Waals surface area contributed by atoms with E-state index < -0.39 is 0 Å². The highest BCUT2D eigenvalue weighted by Crippen LogP contribution is 2.14. The van der Waals surface area contributed by atoms with Crippen LogP contribution in [0.25, 0.3) is 0 Å². The zero-order valence-corrected chi connectivity index (χ0v) is 14.3. The van der Waals surface area contributed by atoms with Gasteiger partial charge >= 0.3 is 0 Å². The Kier molecular flexibility index (Phi) is 5.74. The number of halogens is 1. The van der Waals surface area contributed by atoms with Gasteiger partial charge in [0.25, 0.3) is 5.91 Å². The molecule has 0 radical (unpaired) electrons. The number of rotatable bonds is 7. The number of carbonyl (C=O) groups excluding carboxylic acids is 1. The van der Waals surface area contributed by atoms with E-state index in [9.17, 15) is 9.18 Å². The Morgan fingerprint density at radius 1 is 1.16 bits per heavy atom. The molecule has 0 aliphatic rings. The second-order valence-corrected chi connectivity index (χ2v) is 6.11. The fourth-order valence-electron chi connectivity index (χ4n) is 2.28. The average Bonchev–Trinajstić information content (AvgIpc) is 3.15. The molecule has 0 saturated heterocycles. The summed E-state index contributed by atoms with van der Waals surface area (Å²) in [5.41, 5.74) is 3.76. The van der Waals surface area contributed by atoms with Crippen LogP contribution in [-0.4, -0.2) is 17.4 Å². The van der Waals surface area contributed by atoms with Gasteiger partial charge in [-0.25, -0.2) is 9.37 Å². The average molecular weight is 356 g/mol. The molecule has 0 aliphatic heterocycles. The zero-order chi connectivity index (χ0) is 17.5. The molecule has 0 bridgehead atoms. The number of hydrogen-bond acceptors (Lipinski definition) is 4. The maximum atomic E-state index is 13.5. The van der Waals surface area contributed by atoms with Crippen LogP contribution in [0.4, 0.5) is 4.39 Å². The van der Waals surface area contributed by atoms with E-state index in [-0.39, 0.29) is 11.7 Å². The summed E-state index contributed by atoms with van der Waals surface area (Å²) in [4.78, 5) is 16.3. The fourth-order valence-corrected chi connectivity index (χ4v) is 2.83. The van der Waals surface area contributed by atoms with Crippen molar-refractivity contribution in [2.24, 2.45) is 0 Å². The van der Waals surface area contributed by atoms with Crippen LogP contribution in [0.3, 0.4) is 0 Å². The molecule has 25 heavy (non-hydrogen) atoms. The monoisotopic (exact) mass is 356 g/mol. The third kappa shape index (κ3) is 4.87. The van der Waals surface area contributed by atoms with Crippen molar-refractivity contribution >= 4 is 17.2 Å². The minimum Gasteiger partial charge on any atom is -0.487 e. The van der Waals surface area contributed by atoms with Crippen molar-refractivity contribution in [2.75, 3.05) is 6.54 Å². The van der Waals surface area contributed by atoms with Crippen molar-refractivity contribution in [3.63, 3.8) is 0 Å². The Balaban J connectivity index is 1.48. The number of hydrogen-bond donors (Lipinski definition) is 1. The van der Waals surface area contributed by atoms with Crippen LogP contribution in [0.1, 0.15) is 21.6 Å². The summed E-state index contributed by atoms with van der Waals surface area (Å²) < 4.78 is 19.1. The van der Waals surface area contributed by atoms with Crippen LogP contribution in [-0.2, 0) is 13.0 Å². The van der Waals surface area contributed by atoms with Gasteiger partial charge in [0.1, 0.15) is 18.2 Å². The Morgan fingerprint density at radius 2 is 1.96 bits per heavy atom. The molecule has 0 saturated carbocycles. The molecule has 3 rings (SSSR count). The second kappa shape index (κ2) is 8.39. The van der Waals surface area contributed by atoms with E-state index in [0.29, 0.717) is 36.4 Å². The Labute approximate surface area is 149 Å². The summed E-state index contributed by atoms with van der Waals surface area (Å²) in [7, 11) is 0. The molecule has 128 valence electrons.